The lowest BCUT2D eigenvalue weighted by atomic mass is 10.2. The summed E-state index contributed by atoms with van der Waals surface area (Å²) in [6, 6.07) is 7.90. The molecule has 0 aliphatic rings. The molecule has 1 amide bonds. The number of nitrogens with one attached hydrogen (secondary N) is 1. The Morgan fingerprint density at radius 3 is 2.90 bits per heavy atom. The van der Waals surface area contributed by atoms with Gasteiger partial charge in [0.2, 0.25) is 11.1 Å². The van der Waals surface area contributed by atoms with Crippen LogP contribution in [0.25, 0.3) is 22.1 Å². The number of ether oxygens (including phenoxy) is 1. The van der Waals surface area contributed by atoms with Crippen molar-refractivity contribution >= 4 is 62.2 Å². The second kappa shape index (κ2) is 8.76. The van der Waals surface area contributed by atoms with Crippen molar-refractivity contribution in [2.75, 3.05) is 17.7 Å². The third-order valence-corrected chi connectivity index (χ3v) is 5.89. The summed E-state index contributed by atoms with van der Waals surface area (Å²) in [6.07, 6.45) is 0.0828. The molecule has 0 saturated carbocycles. The first kappa shape index (κ1) is 20.2. The molecule has 0 aliphatic heterocycles. The molecule has 0 fully saturated rings. The quantitative estimate of drug-likeness (QED) is 0.343. The molecule has 11 heteroatoms. The fourth-order valence-corrected chi connectivity index (χ4v) is 4.25. The largest absolute Gasteiger partial charge is 0.466 e. The van der Waals surface area contributed by atoms with Crippen LogP contribution in [0.2, 0.25) is 0 Å². The lowest BCUT2D eigenvalue weighted by molar-refractivity contribution is -0.142. The molecule has 0 spiro atoms. The SMILES string of the molecule is CCOC(=O)Cc1csc(NC(=O)CSc2nnc3c4ccccc4n(C)c3n2)n1. The molecule has 0 bridgehead atoms. The number of thioether (sulfide) groups is 1. The van der Waals surface area contributed by atoms with Gasteiger partial charge in [-0.15, -0.1) is 21.5 Å². The smallest absolute Gasteiger partial charge is 0.311 e. The van der Waals surface area contributed by atoms with Gasteiger partial charge in [0.15, 0.2) is 10.8 Å². The summed E-state index contributed by atoms with van der Waals surface area (Å²) in [7, 11) is 1.93. The minimum absolute atomic E-state index is 0.0828. The van der Waals surface area contributed by atoms with Gasteiger partial charge in [-0.3, -0.25) is 9.59 Å². The number of hydrogen-bond donors (Lipinski definition) is 1. The minimum Gasteiger partial charge on any atom is -0.466 e. The first-order chi connectivity index (χ1) is 14.5. The lowest BCUT2D eigenvalue weighted by Gasteiger charge is -2.02. The number of amides is 1. The maximum absolute atomic E-state index is 12.3. The van der Waals surface area contributed by atoms with Crippen LogP contribution < -0.4 is 5.32 Å². The number of carbonyl (C=O) groups excluding carboxylic acids is 2. The molecule has 0 aliphatic carbocycles. The monoisotopic (exact) mass is 442 g/mol. The molecule has 4 aromatic rings. The zero-order valence-corrected chi connectivity index (χ0v) is 17.9. The van der Waals surface area contributed by atoms with E-state index in [4.69, 9.17) is 4.74 Å². The van der Waals surface area contributed by atoms with E-state index >= 15 is 0 Å². The van der Waals surface area contributed by atoms with E-state index < -0.39 is 0 Å². The number of nitrogens with zero attached hydrogens (tertiary/aromatic N) is 5. The van der Waals surface area contributed by atoms with Crippen LogP contribution in [0.15, 0.2) is 34.8 Å². The van der Waals surface area contributed by atoms with Crippen molar-refractivity contribution in [3.05, 3.63) is 35.3 Å². The maximum atomic E-state index is 12.3. The van der Waals surface area contributed by atoms with Crippen molar-refractivity contribution in [3.8, 4) is 0 Å². The highest BCUT2D eigenvalue weighted by Gasteiger charge is 2.14. The molecule has 154 valence electrons. The van der Waals surface area contributed by atoms with Gasteiger partial charge in [-0.2, -0.15) is 0 Å². The normalized spacial score (nSPS) is 11.1. The van der Waals surface area contributed by atoms with Crippen LogP contribution in [0.1, 0.15) is 12.6 Å². The molecule has 4 rings (SSSR count). The summed E-state index contributed by atoms with van der Waals surface area (Å²) < 4.78 is 6.86. The fraction of sp³-hybridized carbons (Fsp3) is 0.263. The Morgan fingerprint density at radius 1 is 1.23 bits per heavy atom. The molecule has 0 saturated heterocycles. The lowest BCUT2D eigenvalue weighted by Crippen LogP contribution is -2.14. The van der Waals surface area contributed by atoms with Crippen LogP contribution in [-0.4, -0.2) is 49.0 Å². The molecule has 0 unspecified atom stereocenters. The Balaban J connectivity index is 1.39. The van der Waals surface area contributed by atoms with Crippen LogP contribution in [-0.2, 0) is 27.8 Å². The van der Waals surface area contributed by atoms with Crippen LogP contribution in [0, 0.1) is 0 Å². The van der Waals surface area contributed by atoms with E-state index in [0.717, 1.165) is 22.1 Å². The van der Waals surface area contributed by atoms with Crippen molar-refractivity contribution in [1.29, 1.82) is 0 Å². The fourth-order valence-electron chi connectivity index (χ4n) is 2.94. The van der Waals surface area contributed by atoms with E-state index in [1.54, 1.807) is 12.3 Å². The average molecular weight is 443 g/mol. The second-order valence-electron chi connectivity index (χ2n) is 6.31. The molecule has 30 heavy (non-hydrogen) atoms. The van der Waals surface area contributed by atoms with Gasteiger partial charge in [0, 0.05) is 17.8 Å². The van der Waals surface area contributed by atoms with Crippen LogP contribution in [0.5, 0.6) is 0 Å². The van der Waals surface area contributed by atoms with Crippen molar-refractivity contribution in [1.82, 2.24) is 24.7 Å². The molecule has 1 N–H and O–H groups in total. The van der Waals surface area contributed by atoms with E-state index in [9.17, 15) is 9.59 Å². The van der Waals surface area contributed by atoms with Gasteiger partial charge >= 0.3 is 5.97 Å². The van der Waals surface area contributed by atoms with Gasteiger partial charge in [0.05, 0.1) is 30.0 Å². The zero-order valence-electron chi connectivity index (χ0n) is 16.3. The highest BCUT2D eigenvalue weighted by molar-refractivity contribution is 7.99. The number of aromatic nitrogens is 5. The number of benzene rings is 1. The number of rotatable bonds is 7. The first-order valence-corrected chi connectivity index (χ1v) is 11.0. The van der Waals surface area contributed by atoms with Gasteiger partial charge in [-0.05, 0) is 13.0 Å². The van der Waals surface area contributed by atoms with Gasteiger partial charge < -0.3 is 14.6 Å². The average Bonchev–Trinajstić information content (AvgIpc) is 3.29. The number of para-hydroxylation sites is 1. The van der Waals surface area contributed by atoms with Crippen molar-refractivity contribution in [2.24, 2.45) is 7.05 Å². The van der Waals surface area contributed by atoms with E-state index in [0.29, 0.717) is 22.6 Å². The Kier molecular flexibility index (Phi) is 5.91. The summed E-state index contributed by atoms with van der Waals surface area (Å²) in [4.78, 5) is 32.5. The summed E-state index contributed by atoms with van der Waals surface area (Å²) in [6.45, 7) is 2.07. The standard InChI is InChI=1S/C19H18N6O3S2/c1-3-28-15(27)8-11-9-29-18(20-11)21-14(26)10-30-19-22-17-16(23-24-19)12-6-4-5-7-13(12)25(17)2/h4-7,9H,3,8,10H2,1-2H3,(H,20,21,26). The van der Waals surface area contributed by atoms with Crippen LogP contribution >= 0.6 is 23.1 Å². The van der Waals surface area contributed by atoms with E-state index in [1.807, 2.05) is 35.9 Å². The molecule has 9 nitrogen and oxygen atoms in total. The first-order valence-electron chi connectivity index (χ1n) is 9.15. The number of fused-ring (bicyclic) bond motifs is 3. The maximum Gasteiger partial charge on any atom is 0.311 e. The summed E-state index contributed by atoms with van der Waals surface area (Å²) in [5.41, 5.74) is 3.04. The number of anilines is 1. The Hall–Kier alpha value is -3.05. The summed E-state index contributed by atoms with van der Waals surface area (Å²) >= 11 is 2.46. The Morgan fingerprint density at radius 2 is 2.07 bits per heavy atom. The molecule has 3 heterocycles. The van der Waals surface area contributed by atoms with E-state index in [1.165, 1.54) is 23.1 Å². The summed E-state index contributed by atoms with van der Waals surface area (Å²) in [5.74, 6) is -0.466. The molecular weight excluding hydrogens is 424 g/mol. The zero-order chi connectivity index (χ0) is 21.1. The summed E-state index contributed by atoms with van der Waals surface area (Å²) in [5, 5.41) is 14.7. The van der Waals surface area contributed by atoms with Crippen molar-refractivity contribution in [3.63, 3.8) is 0 Å². The molecule has 0 atom stereocenters. The predicted molar refractivity (Wildman–Crippen MR) is 116 cm³/mol. The topological polar surface area (TPSA) is 112 Å². The van der Waals surface area contributed by atoms with Crippen LogP contribution in [0.4, 0.5) is 5.13 Å². The van der Waals surface area contributed by atoms with Crippen LogP contribution in [0.3, 0.4) is 0 Å². The third kappa shape index (κ3) is 4.26. The highest BCUT2D eigenvalue weighted by atomic mass is 32.2. The third-order valence-electron chi connectivity index (χ3n) is 4.25. The van der Waals surface area contributed by atoms with Crippen molar-refractivity contribution < 1.29 is 14.3 Å². The Bertz CT molecular complexity index is 1240. The van der Waals surface area contributed by atoms with Gasteiger partial charge in [0.1, 0.15) is 5.52 Å². The van der Waals surface area contributed by atoms with Gasteiger partial charge in [-0.25, -0.2) is 9.97 Å². The van der Waals surface area contributed by atoms with Gasteiger partial charge in [-0.1, -0.05) is 30.0 Å². The predicted octanol–water partition coefficient (Wildman–Crippen LogP) is 2.81. The van der Waals surface area contributed by atoms with Gasteiger partial charge in [0.25, 0.3) is 0 Å². The number of esters is 1. The number of aryl methyl sites for hydroxylation is 1. The molecule has 0 radical (unpaired) electrons. The molecule has 3 aromatic heterocycles. The second-order valence-corrected chi connectivity index (χ2v) is 8.11. The highest BCUT2D eigenvalue weighted by Crippen LogP contribution is 2.26. The van der Waals surface area contributed by atoms with Crippen molar-refractivity contribution in [2.45, 2.75) is 18.5 Å². The number of hydrogen-bond acceptors (Lipinski definition) is 9. The molecular formula is C19H18N6O3S2. The van der Waals surface area contributed by atoms with E-state index in [2.05, 4.69) is 25.5 Å². The Labute approximate surface area is 179 Å². The van der Waals surface area contributed by atoms with E-state index in [-0.39, 0.29) is 24.1 Å². The minimum atomic E-state index is -0.343. The number of thiazole rings is 1. The number of carbonyl (C=O) groups is 2. The molecule has 1 aromatic carbocycles.